The monoisotopic (exact) mass is 534 g/mol. The van der Waals surface area contributed by atoms with Crippen molar-refractivity contribution < 1.29 is 19.2 Å². The van der Waals surface area contributed by atoms with Gasteiger partial charge in [0.1, 0.15) is 5.66 Å². The maximum absolute atomic E-state index is 14.4. The third-order valence-electron chi connectivity index (χ3n) is 8.47. The van der Waals surface area contributed by atoms with Crippen LogP contribution >= 0.6 is 0 Å². The minimum absolute atomic E-state index is 0.0606. The highest BCUT2D eigenvalue weighted by Gasteiger charge is 2.63. The Morgan fingerprint density at radius 2 is 0.950 bits per heavy atom. The van der Waals surface area contributed by atoms with Gasteiger partial charge in [-0.2, -0.15) is 0 Å². The van der Waals surface area contributed by atoms with Gasteiger partial charge in [-0.25, -0.2) is 9.80 Å². The molecule has 2 aliphatic heterocycles. The first-order chi connectivity index (χ1) is 19.2. The molecule has 0 aliphatic carbocycles. The second-order valence-corrected chi connectivity index (χ2v) is 10.6. The summed E-state index contributed by atoms with van der Waals surface area (Å²) in [6.45, 7) is 3.66. The van der Waals surface area contributed by atoms with E-state index in [9.17, 15) is 19.2 Å². The van der Waals surface area contributed by atoms with Gasteiger partial charge in [-0.15, -0.1) is 0 Å². The number of imide groups is 2. The highest BCUT2D eigenvalue weighted by molar-refractivity contribution is 6.28. The van der Waals surface area contributed by atoms with Crippen molar-refractivity contribution in [1.82, 2.24) is 9.80 Å². The minimum atomic E-state index is -2.00. The van der Waals surface area contributed by atoms with Crippen molar-refractivity contribution in [3.63, 3.8) is 0 Å². The van der Waals surface area contributed by atoms with Gasteiger partial charge >= 0.3 is 0 Å². The fourth-order valence-corrected chi connectivity index (χ4v) is 6.56. The van der Waals surface area contributed by atoms with Gasteiger partial charge in [0.05, 0.1) is 0 Å². The van der Waals surface area contributed by atoms with Crippen LogP contribution in [-0.2, 0) is 0 Å². The van der Waals surface area contributed by atoms with Crippen molar-refractivity contribution in [3.05, 3.63) is 95.1 Å². The van der Waals surface area contributed by atoms with Gasteiger partial charge in [0.2, 0.25) is 0 Å². The molecule has 4 aromatic carbocycles. The lowest BCUT2D eigenvalue weighted by molar-refractivity contribution is -0.0565. The predicted molar refractivity (Wildman–Crippen MR) is 153 cm³/mol. The Balaban J connectivity index is 1.65. The third kappa shape index (κ3) is 3.26. The fraction of sp³-hybridized carbons (Fsp3) is 0.250. The van der Waals surface area contributed by atoms with Gasteiger partial charge in [0.25, 0.3) is 23.6 Å². The van der Waals surface area contributed by atoms with Crippen LogP contribution in [0.2, 0.25) is 0 Å². The van der Waals surface area contributed by atoms with E-state index in [1.165, 1.54) is 0 Å². The molecule has 0 aromatic heterocycles. The van der Waals surface area contributed by atoms with Gasteiger partial charge < -0.3 is 11.5 Å². The number of hydrogen-bond acceptors (Lipinski definition) is 6. The van der Waals surface area contributed by atoms with E-state index in [0.29, 0.717) is 17.2 Å². The first-order valence-corrected chi connectivity index (χ1v) is 13.6. The minimum Gasteiger partial charge on any atom is -0.310 e. The van der Waals surface area contributed by atoms with Crippen LogP contribution in [0.4, 0.5) is 0 Å². The molecule has 0 saturated heterocycles. The third-order valence-corrected chi connectivity index (χ3v) is 8.47. The van der Waals surface area contributed by atoms with Crippen LogP contribution in [0.1, 0.15) is 81.0 Å². The second kappa shape index (κ2) is 9.08. The van der Waals surface area contributed by atoms with Crippen LogP contribution in [0.15, 0.2) is 72.8 Å². The number of benzene rings is 4. The van der Waals surface area contributed by atoms with Gasteiger partial charge in [-0.05, 0) is 47.9 Å². The molecule has 2 aliphatic rings. The molecule has 4 N–H and O–H groups in total. The number of unbranched alkanes of at least 4 members (excludes halogenated alkanes) is 1. The number of rotatable bonds is 7. The van der Waals surface area contributed by atoms with Crippen LogP contribution in [0, 0.1) is 0 Å². The fourth-order valence-electron chi connectivity index (χ4n) is 6.56. The van der Waals surface area contributed by atoms with E-state index in [2.05, 4.69) is 0 Å². The molecule has 202 valence electrons. The summed E-state index contributed by atoms with van der Waals surface area (Å²) in [6.07, 6.45) is 1.38. The first kappa shape index (κ1) is 25.9. The molecule has 6 rings (SSSR count). The second-order valence-electron chi connectivity index (χ2n) is 10.6. The molecular weight excluding hydrogens is 504 g/mol. The zero-order chi connectivity index (χ0) is 28.4. The molecule has 2 heterocycles. The number of carbonyl (C=O) groups is 4. The van der Waals surface area contributed by atoms with E-state index in [1.54, 1.807) is 55.5 Å². The Morgan fingerprint density at radius 1 is 0.600 bits per heavy atom. The predicted octanol–water partition coefficient (Wildman–Crippen LogP) is 4.80. The Morgan fingerprint density at radius 3 is 1.25 bits per heavy atom. The number of amides is 4. The van der Waals surface area contributed by atoms with Crippen molar-refractivity contribution in [3.8, 4) is 0 Å². The summed E-state index contributed by atoms with van der Waals surface area (Å²) in [5.41, 5.74) is 11.2. The largest absolute Gasteiger partial charge is 0.310 e. The maximum Gasteiger partial charge on any atom is 0.263 e. The lowest BCUT2D eigenvalue weighted by Crippen LogP contribution is -2.83. The van der Waals surface area contributed by atoms with Crippen LogP contribution in [0.25, 0.3) is 21.5 Å². The SMILES string of the molecule is CCCCC(N)(N)C(CC)(N1C(=O)c2cccc3cccc(c23)C1=O)N1C(=O)c2cccc3cccc(c23)C1=O. The zero-order valence-corrected chi connectivity index (χ0v) is 22.4. The average molecular weight is 535 g/mol. The molecule has 8 heteroatoms. The summed E-state index contributed by atoms with van der Waals surface area (Å²) in [6, 6.07) is 20.9. The van der Waals surface area contributed by atoms with Crippen molar-refractivity contribution in [1.29, 1.82) is 0 Å². The standard InChI is InChI=1S/C32H30N4O4/c1-3-5-18-31(33,34)32(4-2,35-27(37)21-14-6-10-19-11-7-15-22(25(19)21)28(35)38)36-29(39)23-16-8-12-20-13-9-17-24(26(20)23)30(36)40/h6-17H,3-5,18,33-34H2,1-2H3. The maximum atomic E-state index is 14.4. The van der Waals surface area contributed by atoms with E-state index in [0.717, 1.165) is 27.0 Å². The zero-order valence-electron chi connectivity index (χ0n) is 22.4. The quantitative estimate of drug-likeness (QED) is 0.259. The summed E-state index contributed by atoms with van der Waals surface area (Å²) >= 11 is 0. The topological polar surface area (TPSA) is 127 Å². The van der Waals surface area contributed by atoms with Crippen molar-refractivity contribution in [2.75, 3.05) is 0 Å². The Kier molecular flexibility index (Phi) is 5.87. The van der Waals surface area contributed by atoms with E-state index in [-0.39, 0.29) is 35.1 Å². The number of nitrogens with zero attached hydrogens (tertiary/aromatic N) is 2. The Hall–Kier alpha value is -4.40. The van der Waals surface area contributed by atoms with Crippen LogP contribution in [0.5, 0.6) is 0 Å². The molecule has 40 heavy (non-hydrogen) atoms. The van der Waals surface area contributed by atoms with Gasteiger partial charge in [-0.3, -0.25) is 19.2 Å². The summed E-state index contributed by atoms with van der Waals surface area (Å²) < 4.78 is 0. The molecule has 0 fully saturated rings. The number of nitrogens with two attached hydrogens (primary N) is 2. The summed E-state index contributed by atoms with van der Waals surface area (Å²) in [5.74, 6) is -2.59. The Bertz CT molecular complexity index is 1540. The highest BCUT2D eigenvalue weighted by atomic mass is 16.2. The molecule has 0 atom stereocenters. The molecular formula is C32H30N4O4. The van der Waals surface area contributed by atoms with Crippen LogP contribution in [0.3, 0.4) is 0 Å². The molecule has 4 aromatic rings. The molecule has 0 saturated carbocycles. The van der Waals surface area contributed by atoms with Crippen LogP contribution < -0.4 is 11.5 Å². The smallest absolute Gasteiger partial charge is 0.263 e. The van der Waals surface area contributed by atoms with Gasteiger partial charge in [0.15, 0.2) is 5.66 Å². The van der Waals surface area contributed by atoms with Crippen molar-refractivity contribution in [2.24, 2.45) is 11.5 Å². The van der Waals surface area contributed by atoms with Crippen molar-refractivity contribution in [2.45, 2.75) is 50.9 Å². The van der Waals surface area contributed by atoms with E-state index < -0.39 is 35.0 Å². The highest BCUT2D eigenvalue weighted by Crippen LogP contribution is 2.44. The number of carbonyl (C=O) groups excluding carboxylic acids is 4. The average Bonchev–Trinajstić information content (AvgIpc) is 2.96. The first-order valence-electron chi connectivity index (χ1n) is 13.6. The summed E-state index contributed by atoms with van der Waals surface area (Å²) in [5, 5.41) is 2.53. The van der Waals surface area contributed by atoms with Gasteiger partial charge in [0, 0.05) is 33.0 Å². The van der Waals surface area contributed by atoms with E-state index in [1.807, 2.05) is 31.2 Å². The summed E-state index contributed by atoms with van der Waals surface area (Å²) in [7, 11) is 0. The Labute approximate surface area is 231 Å². The lowest BCUT2D eigenvalue weighted by Gasteiger charge is -2.57. The molecule has 0 spiro atoms. The van der Waals surface area contributed by atoms with Crippen molar-refractivity contribution >= 4 is 45.2 Å². The molecule has 0 radical (unpaired) electrons. The summed E-state index contributed by atoms with van der Waals surface area (Å²) in [4.78, 5) is 59.5. The normalized spacial score (nSPS) is 15.5. The molecule has 0 bridgehead atoms. The van der Waals surface area contributed by atoms with E-state index >= 15 is 0 Å². The van der Waals surface area contributed by atoms with E-state index in [4.69, 9.17) is 11.5 Å². The molecule has 8 nitrogen and oxygen atoms in total. The van der Waals surface area contributed by atoms with Crippen LogP contribution in [-0.4, -0.2) is 44.8 Å². The number of hydrogen-bond donors (Lipinski definition) is 2. The van der Waals surface area contributed by atoms with Gasteiger partial charge in [-0.1, -0.05) is 75.2 Å². The molecule has 4 amide bonds. The lowest BCUT2D eigenvalue weighted by atomic mass is 9.79. The molecule has 0 unspecified atom stereocenters.